The molecule has 2 aliphatic heterocycles. The number of anilines is 3. The second-order valence-corrected chi connectivity index (χ2v) is 7.81. The lowest BCUT2D eigenvalue weighted by atomic mass is 10.0. The number of carbonyl (C=O) groups is 1. The first-order valence-corrected chi connectivity index (χ1v) is 10.5. The molecule has 0 spiro atoms. The summed E-state index contributed by atoms with van der Waals surface area (Å²) in [6, 6.07) is 19.1. The number of aromatic nitrogens is 2. The minimum atomic E-state index is -0.00704. The van der Waals surface area contributed by atoms with Crippen LogP contribution in [-0.2, 0) is 0 Å². The molecule has 0 aliphatic carbocycles. The summed E-state index contributed by atoms with van der Waals surface area (Å²) in [6.45, 7) is 3.42. The number of nitrogens with one attached hydrogen (secondary N) is 2. The average Bonchev–Trinajstić information content (AvgIpc) is 3.47. The Hall–Kier alpha value is -3.48. The van der Waals surface area contributed by atoms with Gasteiger partial charge in [0.15, 0.2) is 0 Å². The van der Waals surface area contributed by atoms with Gasteiger partial charge in [0.25, 0.3) is 0 Å². The number of piperidine rings is 1. The van der Waals surface area contributed by atoms with Crippen molar-refractivity contribution in [3.63, 3.8) is 0 Å². The van der Waals surface area contributed by atoms with E-state index in [9.17, 15) is 4.79 Å². The van der Waals surface area contributed by atoms with Crippen LogP contribution < -0.4 is 20.4 Å². The van der Waals surface area contributed by atoms with Crippen molar-refractivity contribution in [1.29, 1.82) is 0 Å². The first-order chi connectivity index (χ1) is 14.8. The van der Waals surface area contributed by atoms with Gasteiger partial charge in [0.1, 0.15) is 0 Å². The highest BCUT2D eigenvalue weighted by molar-refractivity contribution is 5.94. The number of nitrogens with zero attached hydrogens (tertiary/aromatic N) is 4. The molecule has 0 radical (unpaired) electrons. The van der Waals surface area contributed by atoms with E-state index in [1.807, 2.05) is 34.0 Å². The number of carbonyl (C=O) groups excluding carboxylic acids is 1. The molecule has 3 aromatic rings. The maximum Gasteiger partial charge on any atom is 0.321 e. The van der Waals surface area contributed by atoms with Crippen molar-refractivity contribution in [3.8, 4) is 5.69 Å². The van der Waals surface area contributed by atoms with Crippen molar-refractivity contribution in [3.05, 3.63) is 67.0 Å². The molecule has 2 amide bonds. The Morgan fingerprint density at radius 3 is 2.50 bits per heavy atom. The van der Waals surface area contributed by atoms with Crippen LogP contribution in [0, 0.1) is 0 Å². The van der Waals surface area contributed by atoms with Gasteiger partial charge in [-0.25, -0.2) is 9.48 Å². The van der Waals surface area contributed by atoms with Crippen LogP contribution in [0.2, 0.25) is 0 Å². The van der Waals surface area contributed by atoms with E-state index < -0.39 is 0 Å². The predicted molar refractivity (Wildman–Crippen MR) is 120 cm³/mol. The fourth-order valence-corrected chi connectivity index (χ4v) is 4.25. The van der Waals surface area contributed by atoms with Crippen molar-refractivity contribution in [2.45, 2.75) is 18.9 Å². The lowest BCUT2D eigenvalue weighted by Crippen LogP contribution is -2.39. The smallest absolute Gasteiger partial charge is 0.321 e. The Balaban J connectivity index is 1.21. The van der Waals surface area contributed by atoms with E-state index in [1.165, 1.54) is 5.69 Å². The van der Waals surface area contributed by atoms with Crippen LogP contribution in [0.15, 0.2) is 67.0 Å². The molecule has 5 rings (SSSR count). The van der Waals surface area contributed by atoms with E-state index >= 15 is 0 Å². The number of hydrogen-bond acceptors (Lipinski definition) is 4. The zero-order chi connectivity index (χ0) is 20.3. The Kier molecular flexibility index (Phi) is 5.01. The van der Waals surface area contributed by atoms with Crippen LogP contribution in [0.25, 0.3) is 5.69 Å². The Morgan fingerprint density at radius 2 is 1.73 bits per heavy atom. The van der Waals surface area contributed by atoms with E-state index in [1.54, 1.807) is 6.20 Å². The summed E-state index contributed by atoms with van der Waals surface area (Å²) in [5.41, 5.74) is 4.35. The molecule has 0 unspecified atom stereocenters. The third-order valence-electron chi connectivity index (χ3n) is 5.84. The van der Waals surface area contributed by atoms with Crippen molar-refractivity contribution in [2.75, 3.05) is 41.3 Å². The highest BCUT2D eigenvalue weighted by Crippen LogP contribution is 2.27. The van der Waals surface area contributed by atoms with Gasteiger partial charge in [-0.1, -0.05) is 12.1 Å². The number of amides is 2. The molecule has 7 heteroatoms. The molecule has 2 fully saturated rings. The maximum atomic E-state index is 12.0. The molecule has 154 valence electrons. The first-order valence-electron chi connectivity index (χ1n) is 10.5. The Bertz CT molecular complexity index is 1010. The highest BCUT2D eigenvalue weighted by atomic mass is 16.2. The van der Waals surface area contributed by atoms with Gasteiger partial charge in [0.05, 0.1) is 5.69 Å². The fourth-order valence-electron chi connectivity index (χ4n) is 4.25. The topological polar surface area (TPSA) is 65.4 Å². The van der Waals surface area contributed by atoms with E-state index in [4.69, 9.17) is 0 Å². The molecule has 0 bridgehead atoms. The standard InChI is InChI=1S/C23H26N6O/c30-23-24-11-15-28(23)21-6-2-5-20(17-21)27-13-8-18(9-14-27)26-19-4-1-7-22(16-19)29-12-3-10-25-29/h1-7,10,12,16-18,26H,8-9,11,13-15H2,(H,24,30). The van der Waals surface area contributed by atoms with E-state index in [0.717, 1.165) is 49.5 Å². The number of rotatable bonds is 5. The van der Waals surface area contributed by atoms with Crippen molar-refractivity contribution in [1.82, 2.24) is 15.1 Å². The van der Waals surface area contributed by atoms with Gasteiger partial charge in [-0.2, -0.15) is 5.10 Å². The van der Waals surface area contributed by atoms with E-state index in [-0.39, 0.29) is 6.03 Å². The molecule has 2 N–H and O–H groups in total. The van der Waals surface area contributed by atoms with E-state index in [0.29, 0.717) is 12.6 Å². The monoisotopic (exact) mass is 402 g/mol. The first kappa shape index (κ1) is 18.5. The Morgan fingerprint density at radius 1 is 0.933 bits per heavy atom. The zero-order valence-electron chi connectivity index (χ0n) is 16.9. The minimum absolute atomic E-state index is 0.00704. The summed E-state index contributed by atoms with van der Waals surface area (Å²) in [5, 5.41) is 10.9. The average molecular weight is 403 g/mol. The molecule has 2 saturated heterocycles. The van der Waals surface area contributed by atoms with Gasteiger partial charge in [-0.3, -0.25) is 4.90 Å². The van der Waals surface area contributed by atoms with Crippen LogP contribution in [0.1, 0.15) is 12.8 Å². The summed E-state index contributed by atoms with van der Waals surface area (Å²) in [5.74, 6) is 0. The third-order valence-corrected chi connectivity index (χ3v) is 5.84. The molecule has 1 aromatic heterocycles. The summed E-state index contributed by atoms with van der Waals surface area (Å²) in [4.78, 5) is 16.2. The second-order valence-electron chi connectivity index (χ2n) is 7.81. The summed E-state index contributed by atoms with van der Waals surface area (Å²) < 4.78 is 1.88. The number of benzene rings is 2. The second kappa shape index (κ2) is 8.10. The molecule has 3 heterocycles. The minimum Gasteiger partial charge on any atom is -0.382 e. The highest BCUT2D eigenvalue weighted by Gasteiger charge is 2.23. The van der Waals surface area contributed by atoms with Crippen LogP contribution in [-0.4, -0.2) is 48.0 Å². The van der Waals surface area contributed by atoms with Crippen LogP contribution in [0.4, 0.5) is 21.9 Å². The van der Waals surface area contributed by atoms with E-state index in [2.05, 4.69) is 57.0 Å². The van der Waals surface area contributed by atoms with Gasteiger partial charge >= 0.3 is 6.03 Å². The molecular weight excluding hydrogens is 376 g/mol. The summed E-state index contributed by atoms with van der Waals surface area (Å²) in [7, 11) is 0. The van der Waals surface area contributed by atoms with Gasteiger partial charge in [0, 0.05) is 61.7 Å². The van der Waals surface area contributed by atoms with Crippen LogP contribution in [0.3, 0.4) is 0 Å². The fraction of sp³-hybridized carbons (Fsp3) is 0.304. The molecular formula is C23H26N6O. The number of urea groups is 1. The molecule has 2 aromatic carbocycles. The van der Waals surface area contributed by atoms with Crippen molar-refractivity contribution in [2.24, 2.45) is 0 Å². The van der Waals surface area contributed by atoms with Gasteiger partial charge < -0.3 is 15.5 Å². The maximum absolute atomic E-state index is 12.0. The molecule has 30 heavy (non-hydrogen) atoms. The number of hydrogen-bond donors (Lipinski definition) is 2. The van der Waals surface area contributed by atoms with Gasteiger partial charge in [-0.05, 0) is 55.3 Å². The lowest BCUT2D eigenvalue weighted by Gasteiger charge is -2.35. The quantitative estimate of drug-likeness (QED) is 0.686. The summed E-state index contributed by atoms with van der Waals surface area (Å²) >= 11 is 0. The van der Waals surface area contributed by atoms with Crippen molar-refractivity contribution < 1.29 is 4.79 Å². The van der Waals surface area contributed by atoms with Crippen LogP contribution in [0.5, 0.6) is 0 Å². The SMILES string of the molecule is O=C1NCCN1c1cccc(N2CCC(Nc3cccc(-n4cccn4)c3)CC2)c1. The zero-order valence-corrected chi connectivity index (χ0v) is 16.9. The molecule has 0 atom stereocenters. The summed E-state index contributed by atoms with van der Waals surface area (Å²) in [6.07, 6.45) is 5.89. The van der Waals surface area contributed by atoms with Gasteiger partial charge in [-0.15, -0.1) is 0 Å². The molecule has 7 nitrogen and oxygen atoms in total. The lowest BCUT2D eigenvalue weighted by molar-refractivity contribution is 0.252. The Labute approximate surface area is 176 Å². The largest absolute Gasteiger partial charge is 0.382 e. The third kappa shape index (κ3) is 3.83. The molecule has 2 aliphatic rings. The predicted octanol–water partition coefficient (Wildman–Crippen LogP) is 3.48. The van der Waals surface area contributed by atoms with Crippen molar-refractivity contribution >= 4 is 23.1 Å². The normalized spacial score (nSPS) is 17.3. The molecule has 0 saturated carbocycles. The van der Waals surface area contributed by atoms with Crippen LogP contribution >= 0.6 is 0 Å². The van der Waals surface area contributed by atoms with Gasteiger partial charge in [0.2, 0.25) is 0 Å².